The molecule has 0 heterocycles. The van der Waals surface area contributed by atoms with Crippen LogP contribution in [0.4, 0.5) is 5.69 Å². The number of sulfonamides is 1. The summed E-state index contributed by atoms with van der Waals surface area (Å²) >= 11 is 12.8. The molecule has 0 aliphatic carbocycles. The van der Waals surface area contributed by atoms with Gasteiger partial charge in [-0.15, -0.1) is 0 Å². The number of halogens is 2. The van der Waals surface area contributed by atoms with Crippen LogP contribution in [0.1, 0.15) is 43.9 Å². The average Bonchev–Trinajstić information content (AvgIpc) is 2.94. The van der Waals surface area contributed by atoms with E-state index in [-0.39, 0.29) is 17.3 Å². The minimum atomic E-state index is -4.15. The highest BCUT2D eigenvalue weighted by molar-refractivity contribution is 7.92. The largest absolute Gasteiger partial charge is 0.354 e. The van der Waals surface area contributed by atoms with Gasteiger partial charge in [0.15, 0.2) is 0 Å². The van der Waals surface area contributed by atoms with E-state index >= 15 is 0 Å². The number of para-hydroxylation sites is 1. The zero-order valence-electron chi connectivity index (χ0n) is 23.2. The molecule has 0 aliphatic heterocycles. The Hall–Kier alpha value is -3.07. The number of hydrogen-bond donors (Lipinski definition) is 1. The Kier molecular flexibility index (Phi) is 11.0. The third kappa shape index (κ3) is 7.36. The predicted octanol–water partition coefficient (Wildman–Crippen LogP) is 6.00. The van der Waals surface area contributed by atoms with E-state index < -0.39 is 28.5 Å². The number of benzene rings is 3. The summed E-state index contributed by atoms with van der Waals surface area (Å²) in [6.07, 6.45) is 1.28. The van der Waals surface area contributed by atoms with Crippen LogP contribution >= 0.6 is 23.2 Å². The lowest BCUT2D eigenvalue weighted by Gasteiger charge is -2.33. The molecule has 1 atom stereocenters. The first-order valence-corrected chi connectivity index (χ1v) is 15.4. The van der Waals surface area contributed by atoms with Crippen molar-refractivity contribution in [3.05, 3.63) is 93.5 Å². The number of aryl methyl sites for hydroxylation is 2. The first-order chi connectivity index (χ1) is 19.0. The minimum Gasteiger partial charge on any atom is -0.354 e. The molecule has 0 aromatic heterocycles. The van der Waals surface area contributed by atoms with E-state index in [4.69, 9.17) is 23.2 Å². The van der Waals surface area contributed by atoms with Gasteiger partial charge < -0.3 is 10.2 Å². The summed E-state index contributed by atoms with van der Waals surface area (Å²) in [5, 5.41) is 3.50. The second kappa shape index (κ2) is 14.0. The SMILES string of the molecule is CCCNC(=O)[C@H](C)N(Cc1c(Cl)cccc1Cl)C(=O)CN(c1ccccc1CC)S(=O)(=O)c1ccc(C)cc1. The van der Waals surface area contributed by atoms with Crippen molar-refractivity contribution in [2.45, 2.75) is 58.0 Å². The van der Waals surface area contributed by atoms with Gasteiger partial charge in [-0.05, 0) is 62.6 Å². The molecule has 3 rings (SSSR count). The van der Waals surface area contributed by atoms with Crippen molar-refractivity contribution in [1.82, 2.24) is 10.2 Å². The highest BCUT2D eigenvalue weighted by Gasteiger charge is 2.33. The highest BCUT2D eigenvalue weighted by Crippen LogP contribution is 2.30. The highest BCUT2D eigenvalue weighted by atomic mass is 35.5. The van der Waals surface area contributed by atoms with Gasteiger partial charge in [-0.25, -0.2) is 8.42 Å². The fraction of sp³-hybridized carbons (Fsp3) is 0.333. The third-order valence-electron chi connectivity index (χ3n) is 6.64. The number of rotatable bonds is 12. The van der Waals surface area contributed by atoms with Gasteiger partial charge in [0.25, 0.3) is 10.0 Å². The fourth-order valence-electron chi connectivity index (χ4n) is 4.24. The molecular weight excluding hydrogens is 569 g/mol. The van der Waals surface area contributed by atoms with Crippen molar-refractivity contribution in [2.75, 3.05) is 17.4 Å². The quantitative estimate of drug-likeness (QED) is 0.275. The zero-order chi connectivity index (χ0) is 29.4. The molecule has 0 fully saturated rings. The van der Waals surface area contributed by atoms with E-state index in [1.54, 1.807) is 49.4 Å². The topological polar surface area (TPSA) is 86.8 Å². The number of anilines is 1. The Morgan fingerprint density at radius 2 is 1.55 bits per heavy atom. The van der Waals surface area contributed by atoms with Crippen molar-refractivity contribution >= 4 is 50.7 Å². The van der Waals surface area contributed by atoms with Gasteiger partial charge >= 0.3 is 0 Å². The summed E-state index contributed by atoms with van der Waals surface area (Å²) in [5.41, 5.74) is 2.54. The van der Waals surface area contributed by atoms with Gasteiger partial charge in [-0.2, -0.15) is 0 Å². The second-order valence-electron chi connectivity index (χ2n) is 9.50. The van der Waals surface area contributed by atoms with Gasteiger partial charge in [-0.1, -0.05) is 79.0 Å². The molecule has 3 aromatic rings. The van der Waals surface area contributed by atoms with E-state index in [0.717, 1.165) is 21.9 Å². The van der Waals surface area contributed by atoms with Gasteiger partial charge in [0, 0.05) is 28.7 Å². The Bertz CT molecular complexity index is 1430. The van der Waals surface area contributed by atoms with Crippen LogP contribution in [-0.2, 0) is 32.6 Å². The van der Waals surface area contributed by atoms with Crippen molar-refractivity contribution < 1.29 is 18.0 Å². The molecule has 10 heteroatoms. The smallest absolute Gasteiger partial charge is 0.264 e. The molecule has 1 N–H and O–H groups in total. The van der Waals surface area contributed by atoms with Gasteiger partial charge in [0.1, 0.15) is 12.6 Å². The van der Waals surface area contributed by atoms with Crippen LogP contribution in [0, 0.1) is 6.92 Å². The lowest BCUT2D eigenvalue weighted by Crippen LogP contribution is -2.51. The monoisotopic (exact) mass is 603 g/mol. The molecular formula is C30H35Cl2N3O4S. The summed E-state index contributed by atoms with van der Waals surface area (Å²) in [5.74, 6) is -0.933. The normalized spacial score (nSPS) is 12.1. The van der Waals surface area contributed by atoms with Crippen LogP contribution in [0.2, 0.25) is 10.0 Å². The number of nitrogens with zero attached hydrogens (tertiary/aromatic N) is 2. The summed E-state index contributed by atoms with van der Waals surface area (Å²) in [7, 11) is -4.15. The molecule has 0 unspecified atom stereocenters. The number of carbonyl (C=O) groups excluding carboxylic acids is 2. The first-order valence-electron chi connectivity index (χ1n) is 13.2. The standard InChI is InChI=1S/C30H35Cl2N3O4S/c1-5-18-33-30(37)22(4)34(19-25-26(31)11-9-12-27(25)32)29(36)20-35(28-13-8-7-10-23(28)6-2)40(38,39)24-16-14-21(3)15-17-24/h7-17,22H,5-6,18-20H2,1-4H3,(H,33,37)/t22-/m0/s1. The minimum absolute atomic E-state index is 0.0613. The number of nitrogens with one attached hydrogen (secondary N) is 1. The lowest BCUT2D eigenvalue weighted by molar-refractivity contribution is -0.139. The Labute approximate surface area is 247 Å². The van der Waals surface area contributed by atoms with E-state index in [1.165, 1.54) is 17.0 Å². The van der Waals surface area contributed by atoms with Crippen LogP contribution in [0.25, 0.3) is 0 Å². The van der Waals surface area contributed by atoms with E-state index in [0.29, 0.717) is 34.3 Å². The fourth-order valence-corrected chi connectivity index (χ4v) is 6.21. The van der Waals surface area contributed by atoms with Crippen molar-refractivity contribution in [3.8, 4) is 0 Å². The number of amides is 2. The Morgan fingerprint density at radius 1 is 0.925 bits per heavy atom. The molecule has 0 saturated carbocycles. The van der Waals surface area contributed by atoms with Gasteiger partial charge in [0.05, 0.1) is 10.6 Å². The third-order valence-corrected chi connectivity index (χ3v) is 9.12. The second-order valence-corrected chi connectivity index (χ2v) is 12.2. The molecule has 0 spiro atoms. The van der Waals surface area contributed by atoms with Crippen molar-refractivity contribution in [3.63, 3.8) is 0 Å². The average molecular weight is 605 g/mol. The molecule has 40 heavy (non-hydrogen) atoms. The van der Waals surface area contributed by atoms with Crippen molar-refractivity contribution in [1.29, 1.82) is 0 Å². The van der Waals surface area contributed by atoms with E-state index in [1.807, 2.05) is 32.9 Å². The molecule has 7 nitrogen and oxygen atoms in total. The number of carbonyl (C=O) groups is 2. The van der Waals surface area contributed by atoms with E-state index in [2.05, 4.69) is 5.32 Å². The number of hydrogen-bond acceptors (Lipinski definition) is 4. The van der Waals surface area contributed by atoms with Gasteiger partial charge in [-0.3, -0.25) is 13.9 Å². The molecule has 3 aromatic carbocycles. The lowest BCUT2D eigenvalue weighted by atomic mass is 10.1. The van der Waals surface area contributed by atoms with Gasteiger partial charge in [0.2, 0.25) is 11.8 Å². The van der Waals surface area contributed by atoms with Crippen LogP contribution in [0.5, 0.6) is 0 Å². The first kappa shape index (κ1) is 31.5. The molecule has 0 bridgehead atoms. The van der Waals surface area contributed by atoms with Crippen LogP contribution in [-0.4, -0.2) is 44.3 Å². The maximum atomic E-state index is 14.1. The summed E-state index contributed by atoms with van der Waals surface area (Å²) in [6, 6.07) is 17.6. The van der Waals surface area contributed by atoms with Crippen LogP contribution in [0.15, 0.2) is 71.6 Å². The zero-order valence-corrected chi connectivity index (χ0v) is 25.5. The molecule has 2 amide bonds. The summed E-state index contributed by atoms with van der Waals surface area (Å²) in [6.45, 7) is 7.15. The molecule has 214 valence electrons. The Balaban J connectivity index is 2.09. The molecule has 0 radical (unpaired) electrons. The van der Waals surface area contributed by atoms with E-state index in [9.17, 15) is 18.0 Å². The predicted molar refractivity (Wildman–Crippen MR) is 161 cm³/mol. The van der Waals surface area contributed by atoms with Crippen LogP contribution in [0.3, 0.4) is 0 Å². The molecule has 0 aliphatic rings. The van der Waals surface area contributed by atoms with Crippen molar-refractivity contribution in [2.24, 2.45) is 0 Å². The van der Waals surface area contributed by atoms with Crippen LogP contribution < -0.4 is 9.62 Å². The maximum absolute atomic E-state index is 14.1. The Morgan fingerprint density at radius 3 is 2.15 bits per heavy atom. The molecule has 0 saturated heterocycles. The maximum Gasteiger partial charge on any atom is 0.264 e. The summed E-state index contributed by atoms with van der Waals surface area (Å²) in [4.78, 5) is 28.5. The summed E-state index contributed by atoms with van der Waals surface area (Å²) < 4.78 is 29.2.